The van der Waals surface area contributed by atoms with Crippen molar-refractivity contribution in [3.8, 4) is 28.3 Å². The van der Waals surface area contributed by atoms with Crippen LogP contribution in [-0.2, 0) is 16.9 Å². The van der Waals surface area contributed by atoms with Gasteiger partial charge in [-0.2, -0.15) is 5.10 Å². The van der Waals surface area contributed by atoms with Crippen molar-refractivity contribution in [3.63, 3.8) is 0 Å². The maximum absolute atomic E-state index is 12.5. The first-order valence-electron chi connectivity index (χ1n) is 15.5. The Hall–Kier alpha value is -4.04. The molecule has 1 aliphatic heterocycles. The second-order valence-corrected chi connectivity index (χ2v) is 15.2. The summed E-state index contributed by atoms with van der Waals surface area (Å²) in [6, 6.07) is 15.0. The number of ether oxygens (including phenoxy) is 2. The number of nitrogens with zero attached hydrogens (tertiary/aromatic N) is 5. The number of thiol groups is 1. The van der Waals surface area contributed by atoms with E-state index >= 15 is 0 Å². The Morgan fingerprint density at radius 3 is 2.58 bits per heavy atom. The number of aromatic nitrogens is 4. The van der Waals surface area contributed by atoms with Crippen molar-refractivity contribution >= 4 is 51.0 Å². The van der Waals surface area contributed by atoms with Gasteiger partial charge < -0.3 is 20.1 Å². The van der Waals surface area contributed by atoms with Gasteiger partial charge >= 0.3 is 0 Å². The molecule has 14 heteroatoms. The first kappa shape index (κ1) is 33.8. The van der Waals surface area contributed by atoms with Gasteiger partial charge in [-0.25, -0.2) is 13.4 Å². The fraction of sp³-hybridized carbons (Fsp3) is 0.324. The Morgan fingerprint density at radius 2 is 1.90 bits per heavy atom. The maximum atomic E-state index is 12.5. The van der Waals surface area contributed by atoms with E-state index in [1.807, 2.05) is 61.1 Å². The number of hydrogen-bond donors (Lipinski definition) is 2. The summed E-state index contributed by atoms with van der Waals surface area (Å²) in [5, 5.41) is 4.69. The van der Waals surface area contributed by atoms with Gasteiger partial charge in [0.25, 0.3) is 0 Å². The third-order valence-electron chi connectivity index (χ3n) is 8.53. The molecule has 11 nitrogen and oxygen atoms in total. The first-order chi connectivity index (χ1) is 22.9. The molecule has 1 amide bonds. The van der Waals surface area contributed by atoms with Crippen LogP contribution in [0.3, 0.4) is 0 Å². The van der Waals surface area contributed by atoms with Gasteiger partial charge in [-0.1, -0.05) is 29.8 Å². The summed E-state index contributed by atoms with van der Waals surface area (Å²) in [7, 11) is -1.13. The predicted molar refractivity (Wildman–Crippen MR) is 189 cm³/mol. The predicted octanol–water partition coefficient (Wildman–Crippen LogP) is 5.49. The number of nitrogens with two attached hydrogens (primary N) is 1. The summed E-state index contributed by atoms with van der Waals surface area (Å²) >= 11 is 11.5. The van der Waals surface area contributed by atoms with Crippen molar-refractivity contribution in [2.24, 2.45) is 12.8 Å². The van der Waals surface area contributed by atoms with Gasteiger partial charge in [0, 0.05) is 56.3 Å². The van der Waals surface area contributed by atoms with Crippen LogP contribution in [0.4, 0.5) is 0 Å². The summed E-state index contributed by atoms with van der Waals surface area (Å²) in [6.07, 6.45) is 7.63. The molecular weight excluding hydrogens is 672 g/mol. The van der Waals surface area contributed by atoms with Crippen LogP contribution in [0.1, 0.15) is 41.8 Å². The third kappa shape index (κ3) is 7.49. The standard InChI is InChI=1S/C34H37ClN6O5S2/c1-21(26-5-4-6-30(32(26)35)46-25-9-11-40(12-10-25)13-14-48(3,43)44)45-31-17-24(16-27(33(31)47)34(36)42)41-20-37-28-15-22(7-8-29(28)41)23-18-38-39(2)19-23/h4-8,15-21,25,47H,9-14H2,1-3H3,(H2,36,42)/t21-/m1/s1. The smallest absolute Gasteiger partial charge is 0.250 e. The minimum Gasteiger partial charge on any atom is -0.489 e. The quantitative estimate of drug-likeness (QED) is 0.172. The van der Waals surface area contributed by atoms with Crippen LogP contribution in [-0.4, -0.2) is 76.3 Å². The number of primary amides is 1. The molecule has 2 N–H and O–H groups in total. The molecule has 0 aliphatic carbocycles. The van der Waals surface area contributed by atoms with Crippen LogP contribution in [0.15, 0.2) is 72.1 Å². The van der Waals surface area contributed by atoms with E-state index in [9.17, 15) is 13.2 Å². The summed E-state index contributed by atoms with van der Waals surface area (Å²) < 4.78 is 39.5. The average Bonchev–Trinajstić information content (AvgIpc) is 3.68. The topological polar surface area (TPSA) is 135 Å². The molecular formula is C34H37ClN6O5S2. The number of carbonyl (C=O) groups is 1. The Kier molecular flexibility index (Phi) is 9.75. The summed E-state index contributed by atoms with van der Waals surface area (Å²) in [5.74, 6) is 0.412. The van der Waals surface area contributed by atoms with Crippen LogP contribution in [0.25, 0.3) is 27.8 Å². The monoisotopic (exact) mass is 708 g/mol. The van der Waals surface area contributed by atoms with Crippen LogP contribution in [0.2, 0.25) is 5.02 Å². The van der Waals surface area contributed by atoms with Crippen molar-refractivity contribution < 1.29 is 22.7 Å². The molecule has 2 aromatic heterocycles. The van der Waals surface area contributed by atoms with E-state index < -0.39 is 21.8 Å². The summed E-state index contributed by atoms with van der Waals surface area (Å²) in [4.78, 5) is 19.6. The molecule has 0 radical (unpaired) electrons. The zero-order valence-corrected chi connectivity index (χ0v) is 29.3. The number of piperidine rings is 1. The zero-order valence-electron chi connectivity index (χ0n) is 26.8. The van der Waals surface area contributed by atoms with Gasteiger partial charge in [-0.05, 0) is 49.6 Å². The lowest BCUT2D eigenvalue weighted by Crippen LogP contribution is -2.40. The van der Waals surface area contributed by atoms with E-state index in [-0.39, 0.29) is 17.4 Å². The van der Waals surface area contributed by atoms with Crippen LogP contribution >= 0.6 is 24.2 Å². The second kappa shape index (κ2) is 13.8. The Morgan fingerprint density at radius 1 is 1.12 bits per heavy atom. The lowest BCUT2D eigenvalue weighted by Gasteiger charge is -2.32. The zero-order chi connectivity index (χ0) is 34.2. The number of halogens is 1. The van der Waals surface area contributed by atoms with Crippen LogP contribution in [0, 0.1) is 0 Å². The molecule has 0 bridgehead atoms. The molecule has 252 valence electrons. The highest BCUT2D eigenvalue weighted by Gasteiger charge is 2.24. The minimum atomic E-state index is -3.01. The molecule has 3 aromatic carbocycles. The molecule has 1 saturated heterocycles. The Balaban J connectivity index is 1.22. The molecule has 5 aromatic rings. The molecule has 1 aliphatic rings. The largest absolute Gasteiger partial charge is 0.489 e. The molecule has 1 atom stereocenters. The molecule has 6 rings (SSSR count). The second-order valence-electron chi connectivity index (χ2n) is 12.1. The van der Waals surface area contributed by atoms with Gasteiger partial charge in [0.15, 0.2) is 0 Å². The van der Waals surface area contributed by atoms with Crippen molar-refractivity contribution in [3.05, 3.63) is 83.4 Å². The van der Waals surface area contributed by atoms with E-state index in [1.54, 1.807) is 29.3 Å². The van der Waals surface area contributed by atoms with E-state index in [2.05, 4.69) is 27.6 Å². The van der Waals surface area contributed by atoms with Gasteiger partial charge in [0.1, 0.15) is 39.9 Å². The van der Waals surface area contributed by atoms with Crippen molar-refractivity contribution in [2.45, 2.75) is 36.9 Å². The van der Waals surface area contributed by atoms with Crippen molar-refractivity contribution in [2.75, 3.05) is 31.6 Å². The lowest BCUT2D eigenvalue weighted by atomic mass is 10.1. The van der Waals surface area contributed by atoms with Crippen molar-refractivity contribution in [1.82, 2.24) is 24.2 Å². The molecule has 3 heterocycles. The number of sulfone groups is 1. The molecule has 48 heavy (non-hydrogen) atoms. The average molecular weight is 709 g/mol. The third-order valence-corrected chi connectivity index (χ3v) is 10.3. The minimum absolute atomic E-state index is 0.0484. The number of carbonyl (C=O) groups excluding carboxylic acids is 1. The number of fused-ring (bicyclic) bond motifs is 1. The number of hydrogen-bond acceptors (Lipinski definition) is 9. The van der Waals surface area contributed by atoms with E-state index in [0.29, 0.717) is 39.2 Å². The summed E-state index contributed by atoms with van der Waals surface area (Å²) in [6.45, 7) is 3.88. The van der Waals surface area contributed by atoms with E-state index in [4.69, 9.17) is 26.8 Å². The fourth-order valence-corrected chi connectivity index (χ4v) is 7.10. The highest BCUT2D eigenvalue weighted by molar-refractivity contribution is 7.90. The van der Waals surface area contributed by atoms with Crippen molar-refractivity contribution in [1.29, 1.82) is 0 Å². The van der Waals surface area contributed by atoms with E-state index in [0.717, 1.165) is 48.1 Å². The number of aryl methyl sites for hydroxylation is 1. The number of likely N-dealkylation sites (tertiary alicyclic amines) is 1. The molecule has 0 saturated carbocycles. The molecule has 0 unspecified atom stereocenters. The molecule has 0 spiro atoms. The fourth-order valence-electron chi connectivity index (χ4n) is 5.89. The maximum Gasteiger partial charge on any atom is 0.250 e. The van der Waals surface area contributed by atoms with Crippen LogP contribution in [0.5, 0.6) is 11.5 Å². The normalized spacial score (nSPS) is 15.1. The highest BCUT2D eigenvalue weighted by atomic mass is 35.5. The van der Waals surface area contributed by atoms with E-state index in [1.165, 1.54) is 6.26 Å². The molecule has 1 fully saturated rings. The number of rotatable bonds is 11. The van der Waals surface area contributed by atoms with Crippen LogP contribution < -0.4 is 15.2 Å². The van der Waals surface area contributed by atoms with Gasteiger partial charge in [0.2, 0.25) is 5.91 Å². The number of imidazole rings is 1. The Bertz CT molecular complexity index is 2090. The Labute approximate surface area is 289 Å². The highest BCUT2D eigenvalue weighted by Crippen LogP contribution is 2.38. The number of amides is 1. The van der Waals surface area contributed by atoms with Gasteiger partial charge in [-0.3, -0.25) is 14.0 Å². The summed E-state index contributed by atoms with van der Waals surface area (Å²) in [5.41, 5.74) is 10.9. The SMILES string of the molecule is C[C@@H](Oc1cc(-n2cnc3cc(-c4cnn(C)c4)ccc32)cc(C(N)=O)c1S)c1cccc(OC2CCN(CCS(C)(=O)=O)CC2)c1Cl. The first-order valence-corrected chi connectivity index (χ1v) is 18.4. The number of benzene rings is 3. The lowest BCUT2D eigenvalue weighted by molar-refractivity contribution is 0.0996. The van der Waals surface area contributed by atoms with Gasteiger partial charge in [0.05, 0.1) is 44.2 Å². The van der Waals surface area contributed by atoms with Gasteiger partial charge in [-0.15, -0.1) is 12.6 Å².